The number of nitrogens with zero attached hydrogens (tertiary/aromatic N) is 4. The number of rotatable bonds is 8. The molecular weight excluding hydrogens is 472 g/mol. The number of ether oxygens (including phenoxy) is 1. The van der Waals surface area contributed by atoms with Crippen LogP contribution in [0.25, 0.3) is 0 Å². The Morgan fingerprint density at radius 3 is 2.73 bits per heavy atom. The molecule has 1 amide bonds. The molecule has 162 valence electrons. The third-order valence-corrected chi connectivity index (χ3v) is 5.78. The molecule has 3 rings (SSSR count). The highest BCUT2D eigenvalue weighted by Gasteiger charge is 2.22. The van der Waals surface area contributed by atoms with Crippen LogP contribution in [-0.2, 0) is 0 Å². The van der Waals surface area contributed by atoms with Crippen molar-refractivity contribution < 1.29 is 9.53 Å². The SMILES string of the molecule is CNc1nc(Nc2ccc(C(=O)N3CCN(CCCBr)CC3)cc2OC)ncc1Cl. The van der Waals surface area contributed by atoms with Crippen molar-refractivity contribution in [3.63, 3.8) is 0 Å². The first-order chi connectivity index (χ1) is 14.5. The van der Waals surface area contributed by atoms with Gasteiger partial charge in [-0.05, 0) is 31.2 Å². The van der Waals surface area contributed by atoms with E-state index in [-0.39, 0.29) is 5.91 Å². The quantitative estimate of drug-likeness (QED) is 0.540. The van der Waals surface area contributed by atoms with Crippen LogP contribution in [0.1, 0.15) is 16.8 Å². The molecule has 0 bridgehead atoms. The largest absolute Gasteiger partial charge is 0.495 e. The standard InChI is InChI=1S/C20H26BrClN6O2/c1-23-18-15(22)13-24-20(26-18)25-16-5-4-14(12-17(16)30-2)19(29)28-10-8-27(9-11-28)7-3-6-21/h4-5,12-13H,3,6-11H2,1-2H3,(H2,23,24,25,26). The van der Waals surface area contributed by atoms with Crippen LogP contribution >= 0.6 is 27.5 Å². The number of aromatic nitrogens is 2. The number of hydrogen-bond acceptors (Lipinski definition) is 7. The second-order valence-electron chi connectivity index (χ2n) is 6.86. The molecule has 1 aromatic heterocycles. The van der Waals surface area contributed by atoms with E-state index in [1.807, 2.05) is 4.90 Å². The van der Waals surface area contributed by atoms with Gasteiger partial charge in [-0.15, -0.1) is 0 Å². The third kappa shape index (κ3) is 5.53. The summed E-state index contributed by atoms with van der Waals surface area (Å²) in [5.41, 5.74) is 1.26. The van der Waals surface area contributed by atoms with Gasteiger partial charge in [-0.2, -0.15) is 4.98 Å². The Morgan fingerprint density at radius 1 is 1.30 bits per heavy atom. The average Bonchev–Trinajstić information content (AvgIpc) is 2.79. The Bertz CT molecular complexity index is 876. The normalized spacial score (nSPS) is 14.5. The number of carbonyl (C=O) groups is 1. The highest BCUT2D eigenvalue weighted by Crippen LogP contribution is 2.29. The molecule has 1 fully saturated rings. The van der Waals surface area contributed by atoms with Crippen LogP contribution in [0.2, 0.25) is 5.02 Å². The topological polar surface area (TPSA) is 82.6 Å². The molecule has 1 aliphatic heterocycles. The van der Waals surface area contributed by atoms with Gasteiger partial charge in [0.25, 0.3) is 5.91 Å². The maximum atomic E-state index is 13.0. The molecule has 0 saturated carbocycles. The molecule has 2 heterocycles. The fraction of sp³-hybridized carbons (Fsp3) is 0.450. The first-order valence-electron chi connectivity index (χ1n) is 9.78. The monoisotopic (exact) mass is 496 g/mol. The molecule has 1 saturated heterocycles. The third-order valence-electron chi connectivity index (χ3n) is 4.94. The molecular formula is C20H26BrClN6O2. The lowest BCUT2D eigenvalue weighted by Gasteiger charge is -2.34. The molecule has 30 heavy (non-hydrogen) atoms. The van der Waals surface area contributed by atoms with Crippen LogP contribution < -0.4 is 15.4 Å². The molecule has 1 aliphatic rings. The zero-order valence-electron chi connectivity index (χ0n) is 17.1. The minimum absolute atomic E-state index is 0.0141. The highest BCUT2D eigenvalue weighted by atomic mass is 79.9. The van der Waals surface area contributed by atoms with Gasteiger partial charge < -0.3 is 20.3 Å². The number of nitrogens with one attached hydrogen (secondary N) is 2. The molecule has 0 aliphatic carbocycles. The Hall–Kier alpha value is -2.10. The average molecular weight is 498 g/mol. The van der Waals surface area contributed by atoms with Crippen molar-refractivity contribution in [3.8, 4) is 5.75 Å². The van der Waals surface area contributed by atoms with Crippen molar-refractivity contribution in [2.45, 2.75) is 6.42 Å². The lowest BCUT2D eigenvalue weighted by molar-refractivity contribution is 0.0637. The Labute approximate surface area is 190 Å². The van der Waals surface area contributed by atoms with Crippen molar-refractivity contribution in [3.05, 3.63) is 35.0 Å². The van der Waals surface area contributed by atoms with Gasteiger partial charge in [-0.25, -0.2) is 4.98 Å². The highest BCUT2D eigenvalue weighted by molar-refractivity contribution is 9.09. The van der Waals surface area contributed by atoms with Crippen LogP contribution in [0, 0.1) is 0 Å². The van der Waals surface area contributed by atoms with E-state index in [1.165, 1.54) is 6.20 Å². The van der Waals surface area contributed by atoms with Crippen molar-refractivity contribution in [2.75, 3.05) is 62.8 Å². The molecule has 2 aromatic rings. The molecule has 10 heteroatoms. The molecule has 0 unspecified atom stereocenters. The van der Waals surface area contributed by atoms with E-state index in [0.29, 0.717) is 33.8 Å². The van der Waals surface area contributed by atoms with Gasteiger partial charge in [0.05, 0.1) is 19.0 Å². The fourth-order valence-electron chi connectivity index (χ4n) is 3.29. The zero-order valence-corrected chi connectivity index (χ0v) is 19.5. The van der Waals surface area contributed by atoms with E-state index in [0.717, 1.165) is 44.5 Å². The number of anilines is 3. The van der Waals surface area contributed by atoms with Gasteiger partial charge in [0.2, 0.25) is 5.95 Å². The Balaban J connectivity index is 1.69. The molecule has 0 atom stereocenters. The summed E-state index contributed by atoms with van der Waals surface area (Å²) < 4.78 is 5.49. The minimum atomic E-state index is 0.0141. The van der Waals surface area contributed by atoms with Crippen molar-refractivity contribution in [2.24, 2.45) is 0 Å². The van der Waals surface area contributed by atoms with Gasteiger partial charge >= 0.3 is 0 Å². The maximum absolute atomic E-state index is 13.0. The van der Waals surface area contributed by atoms with Crippen molar-refractivity contribution in [1.82, 2.24) is 19.8 Å². The molecule has 0 radical (unpaired) electrons. The van der Waals surface area contributed by atoms with E-state index in [1.54, 1.807) is 32.4 Å². The van der Waals surface area contributed by atoms with Gasteiger partial charge in [-0.1, -0.05) is 27.5 Å². The number of halogens is 2. The number of hydrogen-bond donors (Lipinski definition) is 2. The fourth-order valence-corrected chi connectivity index (χ4v) is 3.73. The number of amides is 1. The van der Waals surface area contributed by atoms with E-state index in [4.69, 9.17) is 16.3 Å². The van der Waals surface area contributed by atoms with Crippen molar-refractivity contribution >= 4 is 50.9 Å². The van der Waals surface area contributed by atoms with Crippen LogP contribution in [0.3, 0.4) is 0 Å². The molecule has 8 nitrogen and oxygen atoms in total. The first-order valence-corrected chi connectivity index (χ1v) is 11.3. The van der Waals surface area contributed by atoms with Crippen LogP contribution in [0.15, 0.2) is 24.4 Å². The molecule has 1 aromatic carbocycles. The van der Waals surface area contributed by atoms with E-state index in [9.17, 15) is 4.79 Å². The summed E-state index contributed by atoms with van der Waals surface area (Å²) in [6, 6.07) is 5.34. The Morgan fingerprint density at radius 2 is 2.07 bits per heavy atom. The van der Waals surface area contributed by atoms with E-state index >= 15 is 0 Å². The smallest absolute Gasteiger partial charge is 0.254 e. The maximum Gasteiger partial charge on any atom is 0.254 e. The summed E-state index contributed by atoms with van der Waals surface area (Å²) in [4.78, 5) is 25.7. The number of alkyl halides is 1. The van der Waals surface area contributed by atoms with Gasteiger partial charge in [0, 0.05) is 44.1 Å². The predicted octanol–water partition coefficient (Wildman–Crippen LogP) is 3.47. The minimum Gasteiger partial charge on any atom is -0.495 e. The van der Waals surface area contributed by atoms with Crippen LogP contribution in [0.5, 0.6) is 5.75 Å². The predicted molar refractivity (Wildman–Crippen MR) is 124 cm³/mol. The van der Waals surface area contributed by atoms with Crippen molar-refractivity contribution in [1.29, 1.82) is 0 Å². The molecule has 0 spiro atoms. The summed E-state index contributed by atoms with van der Waals surface area (Å²) in [5, 5.41) is 7.47. The van der Waals surface area contributed by atoms with Gasteiger partial charge in [-0.3, -0.25) is 9.69 Å². The zero-order chi connectivity index (χ0) is 21.5. The van der Waals surface area contributed by atoms with Crippen LogP contribution in [-0.4, -0.2) is 77.9 Å². The summed E-state index contributed by atoms with van der Waals surface area (Å²) in [5.74, 6) is 1.46. The van der Waals surface area contributed by atoms with E-state index in [2.05, 4.69) is 41.4 Å². The number of carbonyl (C=O) groups excluding carboxylic acids is 1. The van der Waals surface area contributed by atoms with Crippen LogP contribution in [0.4, 0.5) is 17.5 Å². The van der Waals surface area contributed by atoms with E-state index < -0.39 is 0 Å². The lowest BCUT2D eigenvalue weighted by Crippen LogP contribution is -2.48. The first kappa shape index (κ1) is 22.6. The number of piperazine rings is 1. The summed E-state index contributed by atoms with van der Waals surface area (Å²) in [6.07, 6.45) is 2.64. The second kappa shape index (κ2) is 10.8. The second-order valence-corrected chi connectivity index (χ2v) is 8.06. The number of benzene rings is 1. The molecule has 2 N–H and O–H groups in total. The van der Waals surface area contributed by atoms with Gasteiger partial charge in [0.15, 0.2) is 0 Å². The summed E-state index contributed by atoms with van der Waals surface area (Å²) >= 11 is 9.50. The number of methoxy groups -OCH3 is 1. The lowest BCUT2D eigenvalue weighted by atomic mass is 10.1. The summed E-state index contributed by atoms with van der Waals surface area (Å²) in [6.45, 7) is 4.32. The van der Waals surface area contributed by atoms with Gasteiger partial charge in [0.1, 0.15) is 16.6 Å². The summed E-state index contributed by atoms with van der Waals surface area (Å²) in [7, 11) is 3.31. The Kier molecular flexibility index (Phi) is 8.12.